The number of carbonyl (C=O) groups is 1. The van der Waals surface area contributed by atoms with E-state index in [2.05, 4.69) is 10.3 Å². The molecule has 0 fully saturated rings. The van der Waals surface area contributed by atoms with Crippen LogP contribution < -0.4 is 10.1 Å². The first kappa shape index (κ1) is 14.5. The average Bonchev–Trinajstić information content (AvgIpc) is 2.94. The van der Waals surface area contributed by atoms with Crippen LogP contribution in [0.25, 0.3) is 0 Å². The summed E-state index contributed by atoms with van der Waals surface area (Å²) in [4.78, 5) is 16.1. The maximum atomic E-state index is 11.8. The van der Waals surface area contributed by atoms with Crippen molar-refractivity contribution >= 4 is 17.2 Å². The SMILES string of the molecule is CCCNC(=O)c1csc(Cc2ccc(OC)cc2)n1. The molecule has 1 N–H and O–H groups in total. The van der Waals surface area contributed by atoms with Gasteiger partial charge in [0.25, 0.3) is 5.91 Å². The van der Waals surface area contributed by atoms with E-state index in [1.54, 1.807) is 7.11 Å². The van der Waals surface area contributed by atoms with Crippen LogP contribution in [0.2, 0.25) is 0 Å². The third-order valence-corrected chi connectivity index (χ3v) is 3.68. The van der Waals surface area contributed by atoms with Crippen molar-refractivity contribution in [3.05, 3.63) is 45.9 Å². The average molecular weight is 290 g/mol. The van der Waals surface area contributed by atoms with Crippen LogP contribution in [-0.2, 0) is 6.42 Å². The number of methoxy groups -OCH3 is 1. The Kier molecular flexibility index (Phi) is 5.12. The molecule has 1 aromatic carbocycles. The molecule has 0 aliphatic rings. The molecule has 0 atom stereocenters. The monoisotopic (exact) mass is 290 g/mol. The van der Waals surface area contributed by atoms with Crippen molar-refractivity contribution in [1.29, 1.82) is 0 Å². The molecule has 1 heterocycles. The van der Waals surface area contributed by atoms with Gasteiger partial charge in [0.15, 0.2) is 0 Å². The Morgan fingerprint density at radius 2 is 2.10 bits per heavy atom. The molecule has 1 aromatic heterocycles. The van der Waals surface area contributed by atoms with Gasteiger partial charge in [-0.25, -0.2) is 4.98 Å². The number of nitrogens with zero attached hydrogens (tertiary/aromatic N) is 1. The quantitative estimate of drug-likeness (QED) is 0.890. The lowest BCUT2D eigenvalue weighted by Crippen LogP contribution is -2.24. The van der Waals surface area contributed by atoms with Crippen molar-refractivity contribution in [2.45, 2.75) is 19.8 Å². The predicted molar refractivity (Wildman–Crippen MR) is 80.5 cm³/mol. The summed E-state index contributed by atoms with van der Waals surface area (Å²) >= 11 is 1.51. The third kappa shape index (κ3) is 3.81. The van der Waals surface area contributed by atoms with Crippen molar-refractivity contribution < 1.29 is 9.53 Å². The van der Waals surface area contributed by atoms with Gasteiger partial charge in [0, 0.05) is 18.3 Å². The smallest absolute Gasteiger partial charge is 0.270 e. The van der Waals surface area contributed by atoms with Gasteiger partial charge in [0.1, 0.15) is 11.4 Å². The Morgan fingerprint density at radius 3 is 2.75 bits per heavy atom. The van der Waals surface area contributed by atoms with Crippen molar-refractivity contribution in [2.24, 2.45) is 0 Å². The second-order valence-electron chi connectivity index (χ2n) is 4.41. The fourth-order valence-electron chi connectivity index (χ4n) is 1.74. The minimum atomic E-state index is -0.0934. The summed E-state index contributed by atoms with van der Waals surface area (Å²) in [5.41, 5.74) is 1.66. The molecule has 20 heavy (non-hydrogen) atoms. The Balaban J connectivity index is 1.99. The zero-order valence-corrected chi connectivity index (χ0v) is 12.5. The number of rotatable bonds is 6. The summed E-state index contributed by atoms with van der Waals surface area (Å²) < 4.78 is 5.13. The Labute approximate surface area is 122 Å². The normalized spacial score (nSPS) is 10.3. The van der Waals surface area contributed by atoms with E-state index in [1.807, 2.05) is 36.6 Å². The standard InChI is InChI=1S/C15H18N2O2S/c1-3-8-16-15(18)13-10-20-14(17-13)9-11-4-6-12(19-2)7-5-11/h4-7,10H,3,8-9H2,1-2H3,(H,16,18). The number of ether oxygens (including phenoxy) is 1. The van der Waals surface area contributed by atoms with E-state index >= 15 is 0 Å². The van der Waals surface area contributed by atoms with Crippen LogP contribution in [0.15, 0.2) is 29.6 Å². The molecule has 0 saturated carbocycles. The number of aromatic nitrogens is 1. The summed E-state index contributed by atoms with van der Waals surface area (Å²) in [5.74, 6) is 0.747. The predicted octanol–water partition coefficient (Wildman–Crippen LogP) is 2.88. The highest BCUT2D eigenvalue weighted by Gasteiger charge is 2.10. The molecule has 4 nitrogen and oxygen atoms in total. The third-order valence-electron chi connectivity index (χ3n) is 2.83. The van der Waals surface area contributed by atoms with Gasteiger partial charge < -0.3 is 10.1 Å². The van der Waals surface area contributed by atoms with E-state index in [1.165, 1.54) is 11.3 Å². The molecular formula is C15H18N2O2S. The first-order valence-corrected chi connectivity index (χ1v) is 7.46. The fourth-order valence-corrected chi connectivity index (χ4v) is 2.55. The molecule has 1 amide bonds. The number of hydrogen-bond donors (Lipinski definition) is 1. The van der Waals surface area contributed by atoms with Gasteiger partial charge in [-0.3, -0.25) is 4.79 Å². The van der Waals surface area contributed by atoms with Crippen molar-refractivity contribution in [3.8, 4) is 5.75 Å². The van der Waals surface area contributed by atoms with Crippen LogP contribution in [0.3, 0.4) is 0 Å². The van der Waals surface area contributed by atoms with Crippen LogP contribution >= 0.6 is 11.3 Å². The van der Waals surface area contributed by atoms with E-state index in [0.29, 0.717) is 12.2 Å². The molecule has 0 aliphatic carbocycles. The summed E-state index contributed by atoms with van der Waals surface area (Å²) in [7, 11) is 1.65. The van der Waals surface area contributed by atoms with E-state index in [0.717, 1.165) is 29.2 Å². The second-order valence-corrected chi connectivity index (χ2v) is 5.35. The van der Waals surface area contributed by atoms with Crippen molar-refractivity contribution in [3.63, 3.8) is 0 Å². The largest absolute Gasteiger partial charge is 0.497 e. The van der Waals surface area contributed by atoms with E-state index in [4.69, 9.17) is 4.74 Å². The molecule has 5 heteroatoms. The van der Waals surface area contributed by atoms with Gasteiger partial charge in [-0.15, -0.1) is 11.3 Å². The Morgan fingerprint density at radius 1 is 1.35 bits per heavy atom. The van der Waals surface area contributed by atoms with E-state index in [-0.39, 0.29) is 5.91 Å². The lowest BCUT2D eigenvalue weighted by Gasteiger charge is -2.01. The molecule has 0 bridgehead atoms. The van der Waals surface area contributed by atoms with E-state index in [9.17, 15) is 4.79 Å². The molecule has 0 radical (unpaired) electrons. The molecule has 2 rings (SSSR count). The first-order valence-electron chi connectivity index (χ1n) is 6.58. The van der Waals surface area contributed by atoms with Crippen molar-refractivity contribution in [1.82, 2.24) is 10.3 Å². The summed E-state index contributed by atoms with van der Waals surface area (Å²) in [6, 6.07) is 7.88. The molecule has 0 aliphatic heterocycles. The van der Waals surface area contributed by atoms with Crippen LogP contribution in [-0.4, -0.2) is 24.5 Å². The number of nitrogens with one attached hydrogen (secondary N) is 1. The van der Waals surface area contributed by atoms with Gasteiger partial charge in [-0.05, 0) is 24.1 Å². The maximum Gasteiger partial charge on any atom is 0.270 e. The lowest BCUT2D eigenvalue weighted by atomic mass is 10.1. The number of benzene rings is 1. The highest BCUT2D eigenvalue weighted by molar-refractivity contribution is 7.09. The minimum Gasteiger partial charge on any atom is -0.497 e. The van der Waals surface area contributed by atoms with Crippen molar-refractivity contribution in [2.75, 3.05) is 13.7 Å². The van der Waals surface area contributed by atoms with Gasteiger partial charge in [-0.2, -0.15) is 0 Å². The van der Waals surface area contributed by atoms with E-state index < -0.39 is 0 Å². The molecule has 2 aromatic rings. The second kappa shape index (κ2) is 7.05. The highest BCUT2D eigenvalue weighted by atomic mass is 32.1. The topological polar surface area (TPSA) is 51.2 Å². The Bertz CT molecular complexity index is 564. The first-order chi connectivity index (χ1) is 9.72. The molecule has 0 spiro atoms. The number of thiazole rings is 1. The number of carbonyl (C=O) groups excluding carboxylic acids is 1. The molecular weight excluding hydrogens is 272 g/mol. The summed E-state index contributed by atoms with van der Waals surface area (Å²) in [6.45, 7) is 2.71. The summed E-state index contributed by atoms with van der Waals surface area (Å²) in [5, 5.41) is 5.58. The maximum absolute atomic E-state index is 11.8. The minimum absolute atomic E-state index is 0.0934. The number of amides is 1. The Hall–Kier alpha value is -1.88. The highest BCUT2D eigenvalue weighted by Crippen LogP contribution is 2.17. The van der Waals surface area contributed by atoms with Gasteiger partial charge in [0.05, 0.1) is 12.1 Å². The zero-order chi connectivity index (χ0) is 14.4. The van der Waals surface area contributed by atoms with Crippen LogP contribution in [0.5, 0.6) is 5.75 Å². The van der Waals surface area contributed by atoms with Gasteiger partial charge in [0.2, 0.25) is 0 Å². The molecule has 106 valence electrons. The lowest BCUT2D eigenvalue weighted by molar-refractivity contribution is 0.0949. The van der Waals surface area contributed by atoms with Crippen LogP contribution in [0.4, 0.5) is 0 Å². The van der Waals surface area contributed by atoms with Gasteiger partial charge >= 0.3 is 0 Å². The zero-order valence-electron chi connectivity index (χ0n) is 11.7. The number of hydrogen-bond acceptors (Lipinski definition) is 4. The van der Waals surface area contributed by atoms with Crippen LogP contribution in [0.1, 0.15) is 34.4 Å². The molecule has 0 saturated heterocycles. The van der Waals surface area contributed by atoms with Gasteiger partial charge in [-0.1, -0.05) is 19.1 Å². The fraction of sp³-hybridized carbons (Fsp3) is 0.333. The van der Waals surface area contributed by atoms with Crippen LogP contribution in [0, 0.1) is 0 Å². The molecule has 0 unspecified atom stereocenters. The summed E-state index contributed by atoms with van der Waals surface area (Å²) in [6.07, 6.45) is 1.66.